The summed E-state index contributed by atoms with van der Waals surface area (Å²) in [5, 5.41) is 4.75. The van der Waals surface area contributed by atoms with Gasteiger partial charge in [0.1, 0.15) is 11.6 Å². The van der Waals surface area contributed by atoms with Gasteiger partial charge in [-0.1, -0.05) is 6.07 Å². The number of carbonyl (C=O) groups excluding carboxylic acids is 1. The van der Waals surface area contributed by atoms with E-state index in [1.807, 2.05) is 23.6 Å². The Bertz CT molecular complexity index is 920. The van der Waals surface area contributed by atoms with Gasteiger partial charge < -0.3 is 5.32 Å². The third-order valence-corrected chi connectivity index (χ3v) is 4.67. The van der Waals surface area contributed by atoms with E-state index >= 15 is 0 Å². The molecule has 1 aromatic carbocycles. The molecular weight excluding hydrogens is 325 g/mol. The average molecular weight is 337 g/mol. The maximum atomic E-state index is 13.3. The second-order valence-corrected chi connectivity index (χ2v) is 6.27. The van der Waals surface area contributed by atoms with Gasteiger partial charge in [0, 0.05) is 22.2 Å². The van der Waals surface area contributed by atoms with Gasteiger partial charge in [-0.25, -0.2) is 9.37 Å². The van der Waals surface area contributed by atoms with Crippen LogP contribution in [0.4, 0.5) is 10.2 Å². The molecule has 4 rings (SSSR count). The molecule has 0 spiro atoms. The van der Waals surface area contributed by atoms with Crippen LogP contribution in [0.3, 0.4) is 0 Å². The summed E-state index contributed by atoms with van der Waals surface area (Å²) >= 11 is 1.47. The van der Waals surface area contributed by atoms with Crippen molar-refractivity contribution in [2.24, 2.45) is 4.99 Å². The number of benzene rings is 1. The molecule has 3 aromatic rings. The van der Waals surface area contributed by atoms with Crippen molar-refractivity contribution in [3.8, 4) is 0 Å². The molecule has 1 N–H and O–H groups in total. The van der Waals surface area contributed by atoms with Crippen molar-refractivity contribution in [1.82, 2.24) is 4.98 Å². The molecule has 0 fully saturated rings. The molecule has 3 heterocycles. The number of nitrogens with zero attached hydrogens (tertiary/aromatic N) is 2. The Balaban J connectivity index is 1.92. The van der Waals surface area contributed by atoms with E-state index in [1.165, 1.54) is 23.5 Å². The van der Waals surface area contributed by atoms with Gasteiger partial charge in [-0.05, 0) is 47.8 Å². The molecule has 0 aliphatic carbocycles. The summed E-state index contributed by atoms with van der Waals surface area (Å²) in [6.45, 7) is 0. The zero-order chi connectivity index (χ0) is 16.5. The molecular formula is C18H12FN3OS. The number of amides is 1. The molecule has 0 bridgehead atoms. The SMILES string of the molecule is O=C1Nc2ncccc2C(c2ccc(F)cc2)=NC1c1cccs1. The maximum Gasteiger partial charge on any atom is 0.255 e. The summed E-state index contributed by atoms with van der Waals surface area (Å²) in [5.74, 6) is -0.0810. The number of aliphatic imine (C=N–C) groups is 1. The van der Waals surface area contributed by atoms with Crippen LogP contribution in [0.1, 0.15) is 22.0 Å². The van der Waals surface area contributed by atoms with Crippen molar-refractivity contribution < 1.29 is 9.18 Å². The average Bonchev–Trinajstić information content (AvgIpc) is 3.07. The lowest BCUT2D eigenvalue weighted by molar-refractivity contribution is -0.117. The van der Waals surface area contributed by atoms with Gasteiger partial charge in [0.05, 0.1) is 5.71 Å². The molecule has 6 heteroatoms. The first kappa shape index (κ1) is 14.7. The Hall–Kier alpha value is -2.86. The lowest BCUT2D eigenvalue weighted by atomic mass is 10.0. The van der Waals surface area contributed by atoms with Crippen molar-refractivity contribution >= 4 is 28.8 Å². The van der Waals surface area contributed by atoms with Gasteiger partial charge in [0.15, 0.2) is 6.04 Å². The summed E-state index contributed by atoms with van der Waals surface area (Å²) in [6, 6.07) is 12.8. The fourth-order valence-electron chi connectivity index (χ4n) is 2.62. The molecule has 1 unspecified atom stereocenters. The Morgan fingerprint density at radius 1 is 1.08 bits per heavy atom. The summed E-state index contributed by atoms with van der Waals surface area (Å²) in [7, 11) is 0. The first-order valence-electron chi connectivity index (χ1n) is 7.36. The van der Waals surface area contributed by atoms with Crippen molar-refractivity contribution in [2.45, 2.75) is 6.04 Å². The highest BCUT2D eigenvalue weighted by Crippen LogP contribution is 2.30. The molecule has 0 saturated heterocycles. The van der Waals surface area contributed by atoms with Crippen molar-refractivity contribution in [2.75, 3.05) is 5.32 Å². The van der Waals surface area contributed by atoms with Crippen LogP contribution in [0.15, 0.2) is 65.1 Å². The molecule has 4 nitrogen and oxygen atoms in total. The summed E-state index contributed by atoms with van der Waals surface area (Å²) in [5.41, 5.74) is 2.08. The van der Waals surface area contributed by atoms with E-state index in [0.717, 1.165) is 16.0 Å². The Morgan fingerprint density at radius 3 is 2.67 bits per heavy atom. The smallest absolute Gasteiger partial charge is 0.255 e. The number of halogens is 1. The van der Waals surface area contributed by atoms with Crippen LogP contribution in [0.2, 0.25) is 0 Å². The maximum absolute atomic E-state index is 13.3. The van der Waals surface area contributed by atoms with Crippen LogP contribution in [0.5, 0.6) is 0 Å². The van der Waals surface area contributed by atoms with E-state index in [1.54, 1.807) is 24.4 Å². The van der Waals surface area contributed by atoms with Crippen molar-refractivity contribution in [1.29, 1.82) is 0 Å². The highest BCUT2D eigenvalue weighted by molar-refractivity contribution is 7.10. The number of anilines is 1. The minimum atomic E-state index is -0.653. The first-order chi connectivity index (χ1) is 11.7. The van der Waals surface area contributed by atoms with Crippen LogP contribution in [-0.4, -0.2) is 16.6 Å². The number of nitrogens with one attached hydrogen (secondary N) is 1. The van der Waals surface area contributed by atoms with Crippen LogP contribution in [-0.2, 0) is 4.79 Å². The zero-order valence-electron chi connectivity index (χ0n) is 12.4. The second kappa shape index (κ2) is 5.98. The normalized spacial score (nSPS) is 16.8. The number of thiophene rings is 1. The summed E-state index contributed by atoms with van der Waals surface area (Å²) in [4.78, 5) is 22.4. The quantitative estimate of drug-likeness (QED) is 0.773. The lowest BCUT2D eigenvalue weighted by Gasteiger charge is -2.09. The predicted molar refractivity (Wildman–Crippen MR) is 92.0 cm³/mol. The molecule has 2 aromatic heterocycles. The lowest BCUT2D eigenvalue weighted by Crippen LogP contribution is -2.18. The van der Waals surface area contributed by atoms with Crippen LogP contribution in [0, 0.1) is 5.82 Å². The fourth-order valence-corrected chi connectivity index (χ4v) is 3.38. The van der Waals surface area contributed by atoms with Crippen LogP contribution >= 0.6 is 11.3 Å². The monoisotopic (exact) mass is 337 g/mol. The molecule has 24 heavy (non-hydrogen) atoms. The number of aromatic nitrogens is 1. The van der Waals surface area contributed by atoms with Gasteiger partial charge in [-0.3, -0.25) is 9.79 Å². The number of rotatable bonds is 2. The minimum Gasteiger partial charge on any atom is -0.308 e. The van der Waals surface area contributed by atoms with Crippen molar-refractivity contribution in [3.63, 3.8) is 0 Å². The van der Waals surface area contributed by atoms with Gasteiger partial charge >= 0.3 is 0 Å². The standard InChI is InChI=1S/C18H12FN3OS/c19-12-7-5-11(6-8-12)15-13-3-1-9-20-17(13)22-18(23)16(21-15)14-4-2-10-24-14/h1-10,16H,(H,20,22,23). The Kier molecular flexibility index (Phi) is 3.66. The predicted octanol–water partition coefficient (Wildman–Crippen LogP) is 3.81. The molecule has 1 amide bonds. The van der Waals surface area contributed by atoms with E-state index in [0.29, 0.717) is 11.5 Å². The molecule has 118 valence electrons. The number of carbonyl (C=O) groups is 1. The number of hydrogen-bond donors (Lipinski definition) is 1. The highest BCUT2D eigenvalue weighted by Gasteiger charge is 2.28. The molecule has 1 aliphatic heterocycles. The Morgan fingerprint density at radius 2 is 1.92 bits per heavy atom. The van der Waals surface area contributed by atoms with E-state index in [2.05, 4.69) is 10.3 Å². The van der Waals surface area contributed by atoms with Crippen LogP contribution in [0.25, 0.3) is 0 Å². The number of hydrogen-bond acceptors (Lipinski definition) is 4. The van der Waals surface area contributed by atoms with Gasteiger partial charge in [0.2, 0.25) is 0 Å². The number of pyridine rings is 1. The van der Waals surface area contributed by atoms with Gasteiger partial charge in [0.25, 0.3) is 5.91 Å². The third-order valence-electron chi connectivity index (χ3n) is 3.74. The zero-order valence-corrected chi connectivity index (χ0v) is 13.3. The topological polar surface area (TPSA) is 54.4 Å². The molecule has 1 aliphatic rings. The fraction of sp³-hybridized carbons (Fsp3) is 0.0556. The molecule has 0 saturated carbocycles. The van der Waals surface area contributed by atoms with Gasteiger partial charge in [-0.15, -0.1) is 11.3 Å². The largest absolute Gasteiger partial charge is 0.308 e. The second-order valence-electron chi connectivity index (χ2n) is 5.29. The Labute approximate surface area is 141 Å². The third kappa shape index (κ3) is 2.61. The van der Waals surface area contributed by atoms with Crippen LogP contribution < -0.4 is 5.32 Å². The van der Waals surface area contributed by atoms with Gasteiger partial charge in [-0.2, -0.15) is 0 Å². The van der Waals surface area contributed by atoms with E-state index < -0.39 is 6.04 Å². The number of fused-ring (bicyclic) bond motifs is 1. The summed E-state index contributed by atoms with van der Waals surface area (Å²) < 4.78 is 13.3. The van der Waals surface area contributed by atoms with E-state index in [9.17, 15) is 9.18 Å². The molecule has 0 radical (unpaired) electrons. The van der Waals surface area contributed by atoms with E-state index in [4.69, 9.17) is 4.99 Å². The summed E-state index contributed by atoms with van der Waals surface area (Å²) in [6.07, 6.45) is 1.62. The highest BCUT2D eigenvalue weighted by atomic mass is 32.1. The minimum absolute atomic E-state index is 0.227. The van der Waals surface area contributed by atoms with E-state index in [-0.39, 0.29) is 11.7 Å². The molecule has 1 atom stereocenters. The first-order valence-corrected chi connectivity index (χ1v) is 8.24. The van der Waals surface area contributed by atoms with Crippen molar-refractivity contribution in [3.05, 3.63) is 81.9 Å².